The summed E-state index contributed by atoms with van der Waals surface area (Å²) >= 11 is 0. The van der Waals surface area contributed by atoms with Crippen molar-refractivity contribution in [2.45, 2.75) is 52.8 Å². The molecule has 0 spiro atoms. The van der Waals surface area contributed by atoms with Crippen LogP contribution < -0.4 is 10.1 Å². The summed E-state index contributed by atoms with van der Waals surface area (Å²) in [5.41, 5.74) is 1.07. The molecule has 0 aliphatic heterocycles. The summed E-state index contributed by atoms with van der Waals surface area (Å²) in [5.74, 6) is 0.845. The number of benzene rings is 1. The Morgan fingerprint density at radius 1 is 1.05 bits per heavy atom. The summed E-state index contributed by atoms with van der Waals surface area (Å²) in [4.78, 5) is 0. The maximum absolute atomic E-state index is 12.0. The summed E-state index contributed by atoms with van der Waals surface area (Å²) < 4.78 is 28.4. The van der Waals surface area contributed by atoms with Crippen LogP contribution in [0.5, 0.6) is 5.75 Å². The molecule has 1 rings (SSSR count). The maximum Gasteiger partial charge on any atom is 0.387 e. The molecule has 0 amide bonds. The largest absolute Gasteiger partial charge is 0.435 e. The second kappa shape index (κ2) is 7.43. The summed E-state index contributed by atoms with van der Waals surface area (Å²) in [6.07, 6.45) is 1.11. The van der Waals surface area contributed by atoms with E-state index in [2.05, 4.69) is 37.7 Å². The van der Waals surface area contributed by atoms with Crippen LogP contribution in [0.1, 0.15) is 45.7 Å². The van der Waals surface area contributed by atoms with Crippen molar-refractivity contribution in [3.8, 4) is 5.75 Å². The van der Waals surface area contributed by atoms with Crippen LogP contribution >= 0.6 is 0 Å². The summed E-state index contributed by atoms with van der Waals surface area (Å²) in [7, 11) is 0. The lowest BCUT2D eigenvalue weighted by molar-refractivity contribution is -0.0498. The Bertz CT molecular complexity index is 365. The van der Waals surface area contributed by atoms with Crippen molar-refractivity contribution in [3.05, 3.63) is 29.8 Å². The van der Waals surface area contributed by atoms with E-state index in [0.717, 1.165) is 12.0 Å². The summed E-state index contributed by atoms with van der Waals surface area (Å²) in [5, 5.41) is 3.50. The zero-order valence-electron chi connectivity index (χ0n) is 12.0. The molecular formula is C15H23F2NO. The molecule has 1 N–H and O–H groups in total. The first-order valence-corrected chi connectivity index (χ1v) is 6.69. The van der Waals surface area contributed by atoms with Crippen molar-refractivity contribution in [1.29, 1.82) is 0 Å². The van der Waals surface area contributed by atoms with Crippen LogP contribution in [0, 0.1) is 5.92 Å². The molecule has 0 radical (unpaired) electrons. The topological polar surface area (TPSA) is 21.3 Å². The van der Waals surface area contributed by atoms with Gasteiger partial charge in [-0.05, 0) is 43.9 Å². The number of alkyl halides is 2. The van der Waals surface area contributed by atoms with Crippen molar-refractivity contribution in [1.82, 2.24) is 5.32 Å². The Labute approximate surface area is 114 Å². The SMILES string of the molecule is CC(C)CC(C)NC(C)c1ccc(OC(F)F)cc1. The van der Waals surface area contributed by atoms with E-state index in [9.17, 15) is 8.78 Å². The van der Waals surface area contributed by atoms with Crippen LogP contribution in [0.4, 0.5) is 8.78 Å². The van der Waals surface area contributed by atoms with E-state index in [0.29, 0.717) is 12.0 Å². The van der Waals surface area contributed by atoms with Gasteiger partial charge in [0.25, 0.3) is 0 Å². The molecule has 19 heavy (non-hydrogen) atoms. The van der Waals surface area contributed by atoms with Gasteiger partial charge in [-0.1, -0.05) is 26.0 Å². The third kappa shape index (κ3) is 6.01. The lowest BCUT2D eigenvalue weighted by Crippen LogP contribution is -2.30. The number of hydrogen-bond donors (Lipinski definition) is 1. The van der Waals surface area contributed by atoms with Gasteiger partial charge in [-0.15, -0.1) is 0 Å². The molecule has 1 aromatic rings. The highest BCUT2D eigenvalue weighted by Gasteiger charge is 2.11. The molecular weight excluding hydrogens is 248 g/mol. The van der Waals surface area contributed by atoms with Crippen molar-refractivity contribution in [2.75, 3.05) is 0 Å². The van der Waals surface area contributed by atoms with Gasteiger partial charge in [-0.25, -0.2) is 0 Å². The van der Waals surface area contributed by atoms with Crippen LogP contribution in [-0.4, -0.2) is 12.7 Å². The smallest absolute Gasteiger partial charge is 0.387 e. The van der Waals surface area contributed by atoms with Crippen LogP contribution in [0.2, 0.25) is 0 Å². The molecule has 108 valence electrons. The lowest BCUT2D eigenvalue weighted by atomic mass is 10.0. The fraction of sp³-hybridized carbons (Fsp3) is 0.600. The van der Waals surface area contributed by atoms with Crippen molar-refractivity contribution < 1.29 is 13.5 Å². The van der Waals surface area contributed by atoms with Gasteiger partial charge < -0.3 is 10.1 Å². The average molecular weight is 271 g/mol. The molecule has 0 aromatic heterocycles. The minimum absolute atomic E-state index is 0.189. The van der Waals surface area contributed by atoms with Crippen molar-refractivity contribution >= 4 is 0 Å². The quantitative estimate of drug-likeness (QED) is 0.795. The lowest BCUT2D eigenvalue weighted by Gasteiger charge is -2.22. The van der Waals surface area contributed by atoms with Crippen LogP contribution in [0.25, 0.3) is 0 Å². The predicted molar refractivity (Wildman–Crippen MR) is 73.5 cm³/mol. The highest BCUT2D eigenvalue weighted by atomic mass is 19.3. The monoisotopic (exact) mass is 271 g/mol. The zero-order valence-corrected chi connectivity index (χ0v) is 12.0. The molecule has 0 aliphatic rings. The van der Waals surface area contributed by atoms with E-state index in [4.69, 9.17) is 0 Å². The van der Waals surface area contributed by atoms with Gasteiger partial charge in [0.15, 0.2) is 0 Å². The van der Waals surface area contributed by atoms with E-state index < -0.39 is 6.61 Å². The fourth-order valence-corrected chi connectivity index (χ4v) is 2.24. The van der Waals surface area contributed by atoms with Crippen molar-refractivity contribution in [3.63, 3.8) is 0 Å². The molecule has 4 heteroatoms. The molecule has 0 bridgehead atoms. The highest BCUT2D eigenvalue weighted by molar-refractivity contribution is 5.29. The molecule has 0 saturated heterocycles. The standard InChI is InChI=1S/C15H23F2NO/c1-10(2)9-11(3)18-12(4)13-5-7-14(8-6-13)19-15(16)17/h5-8,10-12,15,18H,9H2,1-4H3. The normalized spacial score (nSPS) is 14.7. The van der Waals surface area contributed by atoms with Crippen LogP contribution in [0.3, 0.4) is 0 Å². The second-order valence-electron chi connectivity index (χ2n) is 5.37. The minimum atomic E-state index is -2.77. The number of halogens is 2. The Kier molecular flexibility index (Phi) is 6.22. The Hall–Kier alpha value is -1.16. The predicted octanol–water partition coefficient (Wildman–Crippen LogP) is 4.37. The molecule has 0 fully saturated rings. The summed E-state index contributed by atoms with van der Waals surface area (Å²) in [6, 6.07) is 7.40. The first kappa shape index (κ1) is 15.9. The number of rotatable bonds is 7. The molecule has 1 aromatic carbocycles. The average Bonchev–Trinajstić information content (AvgIpc) is 2.27. The number of ether oxygens (including phenoxy) is 1. The van der Waals surface area contributed by atoms with Crippen LogP contribution in [-0.2, 0) is 0 Å². The fourth-order valence-electron chi connectivity index (χ4n) is 2.24. The van der Waals surface area contributed by atoms with Crippen LogP contribution in [0.15, 0.2) is 24.3 Å². The molecule has 0 saturated carbocycles. The number of hydrogen-bond acceptors (Lipinski definition) is 2. The third-order valence-electron chi connectivity index (χ3n) is 2.96. The first-order valence-electron chi connectivity index (χ1n) is 6.69. The second-order valence-corrected chi connectivity index (χ2v) is 5.37. The molecule has 2 atom stereocenters. The Morgan fingerprint density at radius 3 is 2.11 bits per heavy atom. The van der Waals surface area contributed by atoms with Gasteiger partial charge >= 0.3 is 6.61 Å². The van der Waals surface area contributed by atoms with Gasteiger partial charge in [-0.2, -0.15) is 8.78 Å². The zero-order chi connectivity index (χ0) is 14.4. The van der Waals surface area contributed by atoms with E-state index in [1.807, 2.05) is 12.1 Å². The number of nitrogens with one attached hydrogen (secondary N) is 1. The van der Waals surface area contributed by atoms with Gasteiger partial charge in [0.1, 0.15) is 5.75 Å². The molecule has 0 aliphatic carbocycles. The minimum Gasteiger partial charge on any atom is -0.435 e. The molecule has 2 unspecified atom stereocenters. The summed E-state index contributed by atoms with van der Waals surface area (Å²) in [6.45, 7) is 5.84. The third-order valence-corrected chi connectivity index (χ3v) is 2.96. The Morgan fingerprint density at radius 2 is 1.63 bits per heavy atom. The van der Waals surface area contributed by atoms with Gasteiger partial charge in [0.05, 0.1) is 0 Å². The van der Waals surface area contributed by atoms with Gasteiger partial charge in [-0.3, -0.25) is 0 Å². The molecule has 2 nitrogen and oxygen atoms in total. The van der Waals surface area contributed by atoms with E-state index in [1.54, 1.807) is 12.1 Å². The molecule has 0 heterocycles. The highest BCUT2D eigenvalue weighted by Crippen LogP contribution is 2.20. The van der Waals surface area contributed by atoms with Gasteiger partial charge in [0, 0.05) is 12.1 Å². The maximum atomic E-state index is 12.0. The van der Waals surface area contributed by atoms with E-state index in [-0.39, 0.29) is 11.8 Å². The van der Waals surface area contributed by atoms with Gasteiger partial charge in [0.2, 0.25) is 0 Å². The van der Waals surface area contributed by atoms with Crippen molar-refractivity contribution in [2.24, 2.45) is 5.92 Å². The van der Waals surface area contributed by atoms with E-state index >= 15 is 0 Å². The Balaban J connectivity index is 2.55. The first-order chi connectivity index (χ1) is 8.88. The van der Waals surface area contributed by atoms with E-state index in [1.165, 1.54) is 0 Å².